The molecule has 0 bridgehead atoms. The van der Waals surface area contributed by atoms with Crippen LogP contribution in [-0.2, 0) is 12.8 Å². The molecule has 0 saturated carbocycles. The minimum Gasteiger partial charge on any atom is -0.155 e. The molecule has 1 aliphatic rings. The predicted molar refractivity (Wildman–Crippen MR) is 115 cm³/mol. The molecule has 144 valence electrons. The van der Waals surface area contributed by atoms with Gasteiger partial charge in [0.2, 0.25) is 0 Å². The summed E-state index contributed by atoms with van der Waals surface area (Å²) < 4.78 is 0. The van der Waals surface area contributed by atoms with E-state index in [4.69, 9.17) is 0 Å². The SMILES string of the molecule is CC.CC.Cc1nnc(-c2ccc(C(C)C)cc2)c2c1CCCCCC2. The largest absolute Gasteiger partial charge is 0.155 e. The molecule has 0 saturated heterocycles. The van der Waals surface area contributed by atoms with Gasteiger partial charge < -0.3 is 0 Å². The fourth-order valence-corrected chi connectivity index (χ4v) is 3.42. The maximum atomic E-state index is 4.56. The molecular formula is C24H38N2. The van der Waals surface area contributed by atoms with E-state index in [2.05, 4.69) is 55.2 Å². The summed E-state index contributed by atoms with van der Waals surface area (Å²) in [6, 6.07) is 8.90. The second-order valence-corrected chi connectivity index (χ2v) is 6.78. The fourth-order valence-electron chi connectivity index (χ4n) is 3.42. The van der Waals surface area contributed by atoms with Crippen molar-refractivity contribution in [2.45, 2.75) is 92.9 Å². The van der Waals surface area contributed by atoms with Crippen LogP contribution in [0.4, 0.5) is 0 Å². The fraction of sp³-hybridized carbons (Fsp3) is 0.583. The second kappa shape index (κ2) is 11.8. The normalized spacial score (nSPS) is 13.4. The number of nitrogens with zero attached hydrogens (tertiary/aromatic N) is 2. The van der Waals surface area contributed by atoms with Gasteiger partial charge in [-0.05, 0) is 55.2 Å². The van der Waals surface area contributed by atoms with E-state index in [0.29, 0.717) is 5.92 Å². The van der Waals surface area contributed by atoms with Gasteiger partial charge in [0.15, 0.2) is 0 Å². The zero-order valence-electron chi connectivity index (χ0n) is 18.0. The van der Waals surface area contributed by atoms with Gasteiger partial charge in [0, 0.05) is 5.56 Å². The Morgan fingerprint density at radius 1 is 0.731 bits per heavy atom. The molecule has 2 nitrogen and oxygen atoms in total. The topological polar surface area (TPSA) is 25.8 Å². The molecule has 0 aliphatic heterocycles. The van der Waals surface area contributed by atoms with Gasteiger partial charge in [0.25, 0.3) is 0 Å². The first-order chi connectivity index (χ1) is 12.7. The highest BCUT2D eigenvalue weighted by molar-refractivity contribution is 5.65. The molecule has 0 N–H and O–H groups in total. The predicted octanol–water partition coefficient (Wildman–Crippen LogP) is 7.29. The minimum absolute atomic E-state index is 0.568. The van der Waals surface area contributed by atoms with E-state index >= 15 is 0 Å². The van der Waals surface area contributed by atoms with Gasteiger partial charge in [-0.1, -0.05) is 78.6 Å². The third kappa shape index (κ3) is 5.65. The smallest absolute Gasteiger partial charge is 0.0964 e. The lowest BCUT2D eigenvalue weighted by Crippen LogP contribution is -2.08. The van der Waals surface area contributed by atoms with Crippen LogP contribution in [0.15, 0.2) is 24.3 Å². The number of rotatable bonds is 2. The van der Waals surface area contributed by atoms with Gasteiger partial charge in [-0.2, -0.15) is 5.10 Å². The molecule has 2 heteroatoms. The lowest BCUT2D eigenvalue weighted by atomic mass is 9.89. The van der Waals surface area contributed by atoms with Crippen molar-refractivity contribution in [2.24, 2.45) is 0 Å². The number of aryl methyl sites for hydroxylation is 1. The number of fused-ring (bicyclic) bond motifs is 1. The molecule has 26 heavy (non-hydrogen) atoms. The maximum Gasteiger partial charge on any atom is 0.0964 e. The molecule has 1 aromatic heterocycles. The second-order valence-electron chi connectivity index (χ2n) is 6.78. The zero-order chi connectivity index (χ0) is 19.5. The third-order valence-corrected chi connectivity index (χ3v) is 4.84. The summed E-state index contributed by atoms with van der Waals surface area (Å²) >= 11 is 0. The lowest BCUT2D eigenvalue weighted by Gasteiger charge is -2.18. The Morgan fingerprint density at radius 3 is 1.81 bits per heavy atom. The highest BCUT2D eigenvalue weighted by atomic mass is 15.1. The summed E-state index contributed by atoms with van der Waals surface area (Å²) in [5, 5.41) is 9.01. The molecule has 2 aromatic rings. The van der Waals surface area contributed by atoms with Crippen LogP contribution in [0.1, 0.15) is 95.5 Å². The summed E-state index contributed by atoms with van der Waals surface area (Å²) in [5.74, 6) is 0.568. The molecule has 0 spiro atoms. The highest BCUT2D eigenvalue weighted by Crippen LogP contribution is 2.30. The highest BCUT2D eigenvalue weighted by Gasteiger charge is 2.17. The zero-order valence-corrected chi connectivity index (χ0v) is 18.0. The first kappa shape index (κ1) is 22.3. The quantitative estimate of drug-likeness (QED) is 0.566. The van der Waals surface area contributed by atoms with Crippen molar-refractivity contribution in [3.63, 3.8) is 0 Å². The van der Waals surface area contributed by atoms with Crippen LogP contribution in [0.2, 0.25) is 0 Å². The van der Waals surface area contributed by atoms with E-state index in [0.717, 1.165) is 24.2 Å². The average molecular weight is 355 g/mol. The Labute approximate surface area is 161 Å². The standard InChI is InChI=1S/C20H26N2.2C2H6/c1-14(2)16-10-12-17(13-11-16)20-19-9-7-5-4-6-8-18(19)15(3)21-22-20;2*1-2/h10-14H,4-9H2,1-3H3;2*1-2H3. The maximum absolute atomic E-state index is 4.56. The molecule has 0 unspecified atom stereocenters. The van der Waals surface area contributed by atoms with Crippen LogP contribution < -0.4 is 0 Å². The van der Waals surface area contributed by atoms with E-state index in [1.165, 1.54) is 47.9 Å². The van der Waals surface area contributed by atoms with E-state index < -0.39 is 0 Å². The number of aromatic nitrogens is 2. The van der Waals surface area contributed by atoms with Gasteiger partial charge in [-0.15, -0.1) is 5.10 Å². The van der Waals surface area contributed by atoms with Gasteiger partial charge in [0.05, 0.1) is 11.4 Å². The van der Waals surface area contributed by atoms with Crippen LogP contribution in [0.25, 0.3) is 11.3 Å². The molecule has 0 fully saturated rings. The molecule has 1 aromatic carbocycles. The van der Waals surface area contributed by atoms with Crippen molar-refractivity contribution in [2.75, 3.05) is 0 Å². The number of hydrogen-bond donors (Lipinski definition) is 0. The lowest BCUT2D eigenvalue weighted by molar-refractivity contribution is 0.610. The Balaban J connectivity index is 0.000000791. The summed E-state index contributed by atoms with van der Waals surface area (Å²) in [4.78, 5) is 0. The molecule has 1 aliphatic carbocycles. The first-order valence-electron chi connectivity index (χ1n) is 10.6. The third-order valence-electron chi connectivity index (χ3n) is 4.84. The van der Waals surface area contributed by atoms with Gasteiger partial charge in [0.1, 0.15) is 0 Å². The van der Waals surface area contributed by atoms with Crippen molar-refractivity contribution in [1.82, 2.24) is 10.2 Å². The van der Waals surface area contributed by atoms with Gasteiger partial charge >= 0.3 is 0 Å². The molecule has 1 heterocycles. The monoisotopic (exact) mass is 354 g/mol. The Hall–Kier alpha value is -1.70. The van der Waals surface area contributed by atoms with Crippen molar-refractivity contribution in [1.29, 1.82) is 0 Å². The average Bonchev–Trinajstić information content (AvgIpc) is 2.66. The molecule has 0 atom stereocenters. The Morgan fingerprint density at radius 2 is 1.27 bits per heavy atom. The van der Waals surface area contributed by atoms with Gasteiger partial charge in [-0.25, -0.2) is 0 Å². The Kier molecular flexibility index (Phi) is 10.2. The summed E-state index contributed by atoms with van der Waals surface area (Å²) in [6.07, 6.45) is 7.55. The minimum atomic E-state index is 0.568. The summed E-state index contributed by atoms with van der Waals surface area (Å²) in [5.41, 5.74) is 7.74. The molecular weight excluding hydrogens is 316 g/mol. The van der Waals surface area contributed by atoms with Crippen molar-refractivity contribution >= 4 is 0 Å². The van der Waals surface area contributed by atoms with Crippen molar-refractivity contribution < 1.29 is 0 Å². The van der Waals surface area contributed by atoms with Crippen LogP contribution >= 0.6 is 0 Å². The van der Waals surface area contributed by atoms with Crippen LogP contribution in [0.5, 0.6) is 0 Å². The summed E-state index contributed by atoms with van der Waals surface area (Å²) in [6.45, 7) is 14.6. The van der Waals surface area contributed by atoms with Crippen molar-refractivity contribution in [3.8, 4) is 11.3 Å². The molecule has 0 amide bonds. The number of hydrogen-bond acceptors (Lipinski definition) is 2. The van der Waals surface area contributed by atoms with Crippen LogP contribution in [0.3, 0.4) is 0 Å². The van der Waals surface area contributed by atoms with E-state index in [1.807, 2.05) is 27.7 Å². The number of benzene rings is 1. The van der Waals surface area contributed by atoms with Gasteiger partial charge in [-0.3, -0.25) is 0 Å². The van der Waals surface area contributed by atoms with Crippen LogP contribution in [0, 0.1) is 6.92 Å². The van der Waals surface area contributed by atoms with E-state index in [9.17, 15) is 0 Å². The van der Waals surface area contributed by atoms with E-state index in [-0.39, 0.29) is 0 Å². The Bertz CT molecular complexity index is 642. The first-order valence-corrected chi connectivity index (χ1v) is 10.6. The van der Waals surface area contributed by atoms with E-state index in [1.54, 1.807) is 0 Å². The summed E-state index contributed by atoms with van der Waals surface area (Å²) in [7, 11) is 0. The molecule has 3 rings (SSSR count). The molecule has 0 radical (unpaired) electrons. The van der Waals surface area contributed by atoms with Crippen molar-refractivity contribution in [3.05, 3.63) is 46.6 Å². The van der Waals surface area contributed by atoms with Crippen LogP contribution in [-0.4, -0.2) is 10.2 Å².